The molecule has 2 unspecified atom stereocenters. The maximum absolute atomic E-state index is 6.43. The third-order valence-electron chi connectivity index (χ3n) is 3.67. The number of benzene rings is 2. The van der Waals surface area contributed by atoms with Gasteiger partial charge in [0.1, 0.15) is 11.5 Å². The Hall–Kier alpha value is -2.00. The molecule has 3 rings (SSSR count). The number of fused-ring (bicyclic) bond motifs is 1. The summed E-state index contributed by atoms with van der Waals surface area (Å²) >= 11 is 0. The minimum atomic E-state index is -0.125. The van der Waals surface area contributed by atoms with E-state index in [0.717, 1.165) is 17.1 Å². The molecule has 2 aromatic rings. The van der Waals surface area contributed by atoms with Crippen LogP contribution in [-0.2, 0) is 0 Å². The Labute approximate surface area is 113 Å². The van der Waals surface area contributed by atoms with Gasteiger partial charge in [0, 0.05) is 23.1 Å². The van der Waals surface area contributed by atoms with E-state index in [1.165, 1.54) is 5.56 Å². The van der Waals surface area contributed by atoms with Crippen molar-refractivity contribution < 1.29 is 9.47 Å². The smallest absolute Gasteiger partial charge is 0.123 e. The second-order valence-corrected chi connectivity index (χ2v) is 4.72. The molecule has 2 N–H and O–H groups in total. The molecule has 0 aliphatic carbocycles. The summed E-state index contributed by atoms with van der Waals surface area (Å²) in [5.41, 5.74) is 8.64. The van der Waals surface area contributed by atoms with Crippen molar-refractivity contribution in [3.63, 3.8) is 0 Å². The van der Waals surface area contributed by atoms with Gasteiger partial charge in [-0.2, -0.15) is 0 Å². The first-order valence-electron chi connectivity index (χ1n) is 6.41. The van der Waals surface area contributed by atoms with Crippen molar-refractivity contribution in [3.8, 4) is 11.5 Å². The summed E-state index contributed by atoms with van der Waals surface area (Å²) in [5, 5.41) is 0. The molecule has 98 valence electrons. The van der Waals surface area contributed by atoms with Gasteiger partial charge in [-0.3, -0.25) is 0 Å². The Morgan fingerprint density at radius 3 is 2.74 bits per heavy atom. The maximum atomic E-state index is 6.43. The predicted octanol–water partition coefficient (Wildman–Crippen LogP) is 2.87. The predicted molar refractivity (Wildman–Crippen MR) is 74.6 cm³/mol. The quantitative estimate of drug-likeness (QED) is 0.917. The van der Waals surface area contributed by atoms with Gasteiger partial charge in [0.15, 0.2) is 0 Å². The van der Waals surface area contributed by atoms with Gasteiger partial charge in [0.25, 0.3) is 0 Å². The molecular formula is C16H17NO2. The molecule has 0 bridgehead atoms. The van der Waals surface area contributed by atoms with Crippen LogP contribution < -0.4 is 15.2 Å². The highest BCUT2D eigenvalue weighted by molar-refractivity contribution is 5.44. The summed E-state index contributed by atoms with van der Waals surface area (Å²) in [5.74, 6) is 1.95. The van der Waals surface area contributed by atoms with E-state index in [2.05, 4.69) is 6.07 Å². The standard InChI is InChI=1S/C16H17NO2/c1-18-14-8-4-3-7-12(14)16(17)13-10-19-15-9-5-2-6-11(13)15/h2-9,13,16H,10,17H2,1H3. The second-order valence-electron chi connectivity index (χ2n) is 4.72. The van der Waals surface area contributed by atoms with E-state index in [9.17, 15) is 0 Å². The first-order valence-corrected chi connectivity index (χ1v) is 6.41. The first kappa shape index (κ1) is 12.1. The summed E-state index contributed by atoms with van der Waals surface area (Å²) in [7, 11) is 1.67. The van der Waals surface area contributed by atoms with Gasteiger partial charge >= 0.3 is 0 Å². The van der Waals surface area contributed by atoms with Crippen LogP contribution in [0.1, 0.15) is 23.1 Å². The molecule has 0 saturated carbocycles. The zero-order chi connectivity index (χ0) is 13.2. The average molecular weight is 255 g/mol. The SMILES string of the molecule is COc1ccccc1C(N)C1COc2ccccc21. The molecule has 1 heterocycles. The van der Waals surface area contributed by atoms with Crippen molar-refractivity contribution in [1.29, 1.82) is 0 Å². The van der Waals surface area contributed by atoms with E-state index in [1.54, 1.807) is 7.11 Å². The zero-order valence-corrected chi connectivity index (χ0v) is 10.9. The van der Waals surface area contributed by atoms with Gasteiger partial charge in [0.2, 0.25) is 0 Å². The lowest BCUT2D eigenvalue weighted by Crippen LogP contribution is -2.21. The number of ether oxygens (including phenoxy) is 2. The van der Waals surface area contributed by atoms with Gasteiger partial charge in [-0.25, -0.2) is 0 Å². The highest BCUT2D eigenvalue weighted by Crippen LogP contribution is 2.41. The Bertz CT molecular complexity index is 582. The molecule has 1 aliphatic heterocycles. The fraction of sp³-hybridized carbons (Fsp3) is 0.250. The third kappa shape index (κ3) is 2.06. The highest BCUT2D eigenvalue weighted by Gasteiger charge is 2.31. The number of hydrogen-bond acceptors (Lipinski definition) is 3. The van der Waals surface area contributed by atoms with Gasteiger partial charge in [0.05, 0.1) is 13.7 Å². The van der Waals surface area contributed by atoms with Crippen LogP contribution in [0.3, 0.4) is 0 Å². The molecule has 3 heteroatoms. The van der Waals surface area contributed by atoms with Crippen LogP contribution in [0.2, 0.25) is 0 Å². The highest BCUT2D eigenvalue weighted by atomic mass is 16.5. The lowest BCUT2D eigenvalue weighted by Gasteiger charge is -2.20. The fourth-order valence-electron chi connectivity index (χ4n) is 2.64. The molecule has 19 heavy (non-hydrogen) atoms. The minimum absolute atomic E-state index is 0.125. The second kappa shape index (κ2) is 4.94. The summed E-state index contributed by atoms with van der Waals surface area (Å²) in [6.45, 7) is 0.624. The Morgan fingerprint density at radius 2 is 1.89 bits per heavy atom. The van der Waals surface area contributed by atoms with Gasteiger partial charge in [-0.1, -0.05) is 36.4 Å². The molecule has 0 saturated heterocycles. The monoisotopic (exact) mass is 255 g/mol. The number of rotatable bonds is 3. The molecule has 1 aliphatic rings. The van der Waals surface area contributed by atoms with Crippen LogP contribution in [0.25, 0.3) is 0 Å². The topological polar surface area (TPSA) is 44.5 Å². The molecular weight excluding hydrogens is 238 g/mol. The summed E-state index contributed by atoms with van der Waals surface area (Å²) in [6.07, 6.45) is 0. The number of para-hydroxylation sites is 2. The van der Waals surface area contributed by atoms with E-state index < -0.39 is 0 Å². The van der Waals surface area contributed by atoms with Gasteiger partial charge < -0.3 is 15.2 Å². The molecule has 2 atom stereocenters. The van der Waals surface area contributed by atoms with Crippen molar-refractivity contribution in [3.05, 3.63) is 59.7 Å². The summed E-state index contributed by atoms with van der Waals surface area (Å²) < 4.78 is 11.1. The van der Waals surface area contributed by atoms with Crippen LogP contribution in [0, 0.1) is 0 Å². The average Bonchev–Trinajstić information content (AvgIpc) is 2.90. The molecule has 0 aromatic heterocycles. The van der Waals surface area contributed by atoms with Crippen molar-refractivity contribution >= 4 is 0 Å². The van der Waals surface area contributed by atoms with Crippen molar-refractivity contribution in [2.45, 2.75) is 12.0 Å². The normalized spacial score (nSPS) is 18.5. The molecule has 0 amide bonds. The third-order valence-corrected chi connectivity index (χ3v) is 3.67. The Kier molecular flexibility index (Phi) is 3.13. The lowest BCUT2D eigenvalue weighted by molar-refractivity contribution is 0.312. The van der Waals surface area contributed by atoms with Crippen LogP contribution in [0.5, 0.6) is 11.5 Å². The molecule has 2 aromatic carbocycles. The van der Waals surface area contributed by atoms with Crippen LogP contribution in [-0.4, -0.2) is 13.7 Å². The fourth-order valence-corrected chi connectivity index (χ4v) is 2.64. The van der Waals surface area contributed by atoms with E-state index in [1.807, 2.05) is 42.5 Å². The molecule has 0 spiro atoms. The maximum Gasteiger partial charge on any atom is 0.123 e. The van der Waals surface area contributed by atoms with E-state index in [0.29, 0.717) is 6.61 Å². The van der Waals surface area contributed by atoms with Crippen molar-refractivity contribution in [1.82, 2.24) is 0 Å². The number of methoxy groups -OCH3 is 1. The van der Waals surface area contributed by atoms with E-state index in [-0.39, 0.29) is 12.0 Å². The van der Waals surface area contributed by atoms with E-state index >= 15 is 0 Å². The van der Waals surface area contributed by atoms with Gasteiger partial charge in [-0.05, 0) is 12.1 Å². The van der Waals surface area contributed by atoms with Crippen LogP contribution in [0.4, 0.5) is 0 Å². The summed E-state index contributed by atoms with van der Waals surface area (Å²) in [6, 6.07) is 15.9. The van der Waals surface area contributed by atoms with Crippen molar-refractivity contribution in [2.24, 2.45) is 5.73 Å². The van der Waals surface area contributed by atoms with Crippen LogP contribution in [0.15, 0.2) is 48.5 Å². The zero-order valence-electron chi connectivity index (χ0n) is 10.9. The molecule has 0 radical (unpaired) electrons. The Morgan fingerprint density at radius 1 is 1.16 bits per heavy atom. The Balaban J connectivity index is 1.95. The first-order chi connectivity index (χ1) is 9.31. The number of hydrogen-bond donors (Lipinski definition) is 1. The molecule has 0 fully saturated rings. The van der Waals surface area contributed by atoms with Crippen molar-refractivity contribution in [2.75, 3.05) is 13.7 Å². The van der Waals surface area contributed by atoms with Gasteiger partial charge in [-0.15, -0.1) is 0 Å². The molecule has 3 nitrogen and oxygen atoms in total. The lowest BCUT2D eigenvalue weighted by atomic mass is 9.89. The summed E-state index contributed by atoms with van der Waals surface area (Å²) in [4.78, 5) is 0. The number of nitrogens with two attached hydrogens (primary N) is 1. The van der Waals surface area contributed by atoms with E-state index in [4.69, 9.17) is 15.2 Å². The minimum Gasteiger partial charge on any atom is -0.496 e. The van der Waals surface area contributed by atoms with Crippen LogP contribution >= 0.6 is 0 Å². The largest absolute Gasteiger partial charge is 0.496 e.